The van der Waals surface area contributed by atoms with Crippen LogP contribution < -0.4 is 4.90 Å². The maximum Gasteiger partial charge on any atom is 0.390 e. The standard InChI is InChI=1S/C9H11BrF3N3/c1-16(3-2-9(11,12)13)8-14-5-7(4-10)6-15-8/h5-6H,2-4H2,1H3. The molecule has 0 atom stereocenters. The van der Waals surface area contributed by atoms with Gasteiger partial charge in [0.2, 0.25) is 5.95 Å². The predicted octanol–water partition coefficient (Wildman–Crippen LogP) is 2.76. The predicted molar refractivity (Wildman–Crippen MR) is 58.6 cm³/mol. The Morgan fingerprint density at radius 1 is 1.31 bits per heavy atom. The Bertz CT molecular complexity index is 326. The van der Waals surface area contributed by atoms with E-state index in [1.54, 1.807) is 12.4 Å². The van der Waals surface area contributed by atoms with Gasteiger partial charge in [0.05, 0.1) is 6.42 Å². The van der Waals surface area contributed by atoms with Gasteiger partial charge < -0.3 is 4.90 Å². The van der Waals surface area contributed by atoms with Crippen LogP contribution in [-0.2, 0) is 5.33 Å². The summed E-state index contributed by atoms with van der Waals surface area (Å²) in [4.78, 5) is 9.32. The zero-order valence-corrected chi connectivity index (χ0v) is 10.2. The number of rotatable bonds is 4. The topological polar surface area (TPSA) is 29.0 Å². The molecule has 1 aromatic rings. The monoisotopic (exact) mass is 297 g/mol. The van der Waals surface area contributed by atoms with Crippen molar-refractivity contribution in [2.45, 2.75) is 17.9 Å². The zero-order chi connectivity index (χ0) is 12.2. The van der Waals surface area contributed by atoms with Crippen molar-refractivity contribution in [3.8, 4) is 0 Å². The Labute approximate surface area is 99.8 Å². The first-order valence-electron chi connectivity index (χ1n) is 4.57. The summed E-state index contributed by atoms with van der Waals surface area (Å²) in [5, 5.41) is 0.625. The van der Waals surface area contributed by atoms with E-state index in [-0.39, 0.29) is 6.54 Å². The van der Waals surface area contributed by atoms with Crippen LogP contribution in [0.2, 0.25) is 0 Å². The molecular weight excluding hydrogens is 287 g/mol. The summed E-state index contributed by atoms with van der Waals surface area (Å²) >= 11 is 3.23. The highest BCUT2D eigenvalue weighted by Crippen LogP contribution is 2.20. The fourth-order valence-electron chi connectivity index (χ4n) is 1.01. The van der Waals surface area contributed by atoms with Crippen LogP contribution in [0.25, 0.3) is 0 Å². The number of aromatic nitrogens is 2. The third-order valence-corrected chi connectivity index (χ3v) is 2.57. The van der Waals surface area contributed by atoms with Crippen LogP contribution in [0.1, 0.15) is 12.0 Å². The van der Waals surface area contributed by atoms with E-state index in [2.05, 4.69) is 25.9 Å². The smallest absolute Gasteiger partial charge is 0.344 e. The second kappa shape index (κ2) is 5.47. The third kappa shape index (κ3) is 4.34. The number of nitrogens with zero attached hydrogens (tertiary/aromatic N) is 3. The van der Waals surface area contributed by atoms with Gasteiger partial charge >= 0.3 is 6.18 Å². The molecule has 3 nitrogen and oxygen atoms in total. The van der Waals surface area contributed by atoms with Crippen molar-refractivity contribution in [3.63, 3.8) is 0 Å². The van der Waals surface area contributed by atoms with Crippen molar-refractivity contribution in [2.24, 2.45) is 0 Å². The van der Waals surface area contributed by atoms with Crippen LogP contribution in [0.5, 0.6) is 0 Å². The molecule has 1 rings (SSSR count). The van der Waals surface area contributed by atoms with E-state index in [0.717, 1.165) is 5.56 Å². The van der Waals surface area contributed by atoms with Gasteiger partial charge in [0.1, 0.15) is 0 Å². The van der Waals surface area contributed by atoms with Crippen LogP contribution >= 0.6 is 15.9 Å². The molecule has 0 aliphatic carbocycles. The van der Waals surface area contributed by atoms with E-state index in [1.807, 2.05) is 0 Å². The van der Waals surface area contributed by atoms with Crippen molar-refractivity contribution in [2.75, 3.05) is 18.5 Å². The first-order valence-corrected chi connectivity index (χ1v) is 5.69. The van der Waals surface area contributed by atoms with Gasteiger partial charge in [0, 0.05) is 31.3 Å². The largest absolute Gasteiger partial charge is 0.390 e. The number of alkyl halides is 4. The lowest BCUT2D eigenvalue weighted by Crippen LogP contribution is -2.25. The molecule has 0 fully saturated rings. The zero-order valence-electron chi connectivity index (χ0n) is 8.63. The van der Waals surface area contributed by atoms with Gasteiger partial charge in [0.25, 0.3) is 0 Å². The number of halogens is 4. The Morgan fingerprint density at radius 2 is 1.88 bits per heavy atom. The van der Waals surface area contributed by atoms with E-state index in [9.17, 15) is 13.2 Å². The van der Waals surface area contributed by atoms with Gasteiger partial charge in [0.15, 0.2) is 0 Å². The molecule has 1 aromatic heterocycles. The van der Waals surface area contributed by atoms with Crippen molar-refractivity contribution < 1.29 is 13.2 Å². The molecule has 1 heterocycles. The molecule has 0 aliphatic heterocycles. The minimum Gasteiger partial charge on any atom is -0.344 e. The Balaban J connectivity index is 2.56. The van der Waals surface area contributed by atoms with Gasteiger partial charge in [-0.3, -0.25) is 0 Å². The summed E-state index contributed by atoms with van der Waals surface area (Å²) in [5.74, 6) is 0.300. The van der Waals surface area contributed by atoms with E-state index in [4.69, 9.17) is 0 Å². The van der Waals surface area contributed by atoms with E-state index in [0.29, 0.717) is 11.3 Å². The van der Waals surface area contributed by atoms with Crippen LogP contribution in [0.4, 0.5) is 19.1 Å². The highest BCUT2D eigenvalue weighted by molar-refractivity contribution is 9.08. The van der Waals surface area contributed by atoms with Crippen LogP contribution in [-0.4, -0.2) is 29.7 Å². The Kier molecular flexibility index (Phi) is 4.52. The highest BCUT2D eigenvalue weighted by atomic mass is 79.9. The molecule has 0 saturated carbocycles. The maximum atomic E-state index is 12.0. The molecular formula is C9H11BrF3N3. The molecule has 0 aromatic carbocycles. The minimum absolute atomic E-state index is 0.142. The molecule has 0 radical (unpaired) electrons. The lowest BCUT2D eigenvalue weighted by Gasteiger charge is -2.17. The van der Waals surface area contributed by atoms with Crippen LogP contribution in [0.15, 0.2) is 12.4 Å². The van der Waals surface area contributed by atoms with Gasteiger partial charge in [-0.2, -0.15) is 13.2 Å². The SMILES string of the molecule is CN(CCC(F)(F)F)c1ncc(CBr)cn1. The molecule has 0 bridgehead atoms. The minimum atomic E-state index is -4.15. The average Bonchev–Trinajstić information content (AvgIpc) is 2.25. The van der Waals surface area contributed by atoms with Crippen LogP contribution in [0, 0.1) is 0 Å². The first-order chi connectivity index (χ1) is 7.42. The molecule has 0 spiro atoms. The fourth-order valence-corrected chi connectivity index (χ4v) is 1.30. The Hall–Kier alpha value is -0.850. The molecule has 0 saturated heterocycles. The molecule has 0 unspecified atom stereocenters. The van der Waals surface area contributed by atoms with E-state index >= 15 is 0 Å². The normalized spacial score (nSPS) is 11.6. The summed E-state index contributed by atoms with van der Waals surface area (Å²) in [7, 11) is 1.54. The Morgan fingerprint density at radius 3 is 2.31 bits per heavy atom. The number of hydrogen-bond donors (Lipinski definition) is 0. The number of anilines is 1. The maximum absolute atomic E-state index is 12.0. The average molecular weight is 298 g/mol. The summed E-state index contributed by atoms with van der Waals surface area (Å²) in [6.07, 6.45) is -1.85. The molecule has 90 valence electrons. The third-order valence-electron chi connectivity index (χ3n) is 1.92. The highest BCUT2D eigenvalue weighted by Gasteiger charge is 2.27. The van der Waals surface area contributed by atoms with Crippen molar-refractivity contribution >= 4 is 21.9 Å². The summed E-state index contributed by atoms with van der Waals surface area (Å²) in [6, 6.07) is 0. The van der Waals surface area contributed by atoms with Gasteiger partial charge in [-0.25, -0.2) is 9.97 Å². The van der Waals surface area contributed by atoms with Gasteiger partial charge in [-0.1, -0.05) is 15.9 Å². The van der Waals surface area contributed by atoms with Crippen LogP contribution in [0.3, 0.4) is 0 Å². The summed E-state index contributed by atoms with van der Waals surface area (Å²) < 4.78 is 35.9. The summed E-state index contributed by atoms with van der Waals surface area (Å²) in [5.41, 5.74) is 0.882. The van der Waals surface area contributed by atoms with Crippen molar-refractivity contribution in [3.05, 3.63) is 18.0 Å². The van der Waals surface area contributed by atoms with E-state index in [1.165, 1.54) is 11.9 Å². The lowest BCUT2D eigenvalue weighted by molar-refractivity contribution is -0.132. The molecule has 0 N–H and O–H groups in total. The molecule has 0 aliphatic rings. The first kappa shape index (κ1) is 13.2. The molecule has 7 heteroatoms. The quantitative estimate of drug-likeness (QED) is 0.800. The van der Waals surface area contributed by atoms with E-state index < -0.39 is 12.6 Å². The molecule has 16 heavy (non-hydrogen) atoms. The second-order valence-electron chi connectivity index (χ2n) is 3.31. The van der Waals surface area contributed by atoms with Crippen molar-refractivity contribution in [1.29, 1.82) is 0 Å². The van der Waals surface area contributed by atoms with Gasteiger partial charge in [-0.05, 0) is 5.56 Å². The molecule has 0 amide bonds. The second-order valence-corrected chi connectivity index (χ2v) is 3.87. The number of hydrogen-bond acceptors (Lipinski definition) is 3. The van der Waals surface area contributed by atoms with Gasteiger partial charge in [-0.15, -0.1) is 0 Å². The summed E-state index contributed by atoms with van der Waals surface area (Å²) in [6.45, 7) is -0.142. The lowest BCUT2D eigenvalue weighted by atomic mass is 10.4. The fraction of sp³-hybridized carbons (Fsp3) is 0.556. The van der Waals surface area contributed by atoms with Crippen molar-refractivity contribution in [1.82, 2.24) is 9.97 Å².